The Morgan fingerprint density at radius 1 is 1.32 bits per heavy atom. The molecule has 0 saturated heterocycles. The second kappa shape index (κ2) is 7.01. The van der Waals surface area contributed by atoms with E-state index in [0.29, 0.717) is 31.7 Å². The maximum Gasteiger partial charge on any atom is 0.274 e. The van der Waals surface area contributed by atoms with Gasteiger partial charge in [0.1, 0.15) is 5.69 Å². The van der Waals surface area contributed by atoms with Crippen LogP contribution in [0, 0.1) is 5.92 Å². The van der Waals surface area contributed by atoms with Crippen LogP contribution in [0.5, 0.6) is 0 Å². The van der Waals surface area contributed by atoms with Crippen molar-refractivity contribution in [3.8, 4) is 0 Å². The third-order valence-corrected chi connectivity index (χ3v) is 5.08. The van der Waals surface area contributed by atoms with E-state index in [9.17, 15) is 13.2 Å². The summed E-state index contributed by atoms with van der Waals surface area (Å²) < 4.78 is 28.8. The second-order valence-electron chi connectivity index (χ2n) is 6.53. The SMILES string of the molecule is Cn1ccc(C(=O)N2Cc3cccn3CC(CCNS(C)(=O)=O)C2)n1. The highest BCUT2D eigenvalue weighted by Crippen LogP contribution is 2.20. The Kier molecular flexibility index (Phi) is 4.96. The number of carbonyl (C=O) groups is 1. The lowest BCUT2D eigenvalue weighted by atomic mass is 10.1. The summed E-state index contributed by atoms with van der Waals surface area (Å²) in [7, 11) is -1.42. The summed E-state index contributed by atoms with van der Waals surface area (Å²) in [6.45, 7) is 2.23. The molecule has 8 nitrogen and oxygen atoms in total. The van der Waals surface area contributed by atoms with Gasteiger partial charge in [0, 0.05) is 44.8 Å². The number of amides is 1. The number of sulfonamides is 1. The highest BCUT2D eigenvalue weighted by atomic mass is 32.2. The smallest absolute Gasteiger partial charge is 0.274 e. The number of rotatable bonds is 5. The molecule has 0 bridgehead atoms. The van der Waals surface area contributed by atoms with E-state index in [1.54, 1.807) is 28.9 Å². The molecule has 2 aromatic rings. The Bertz CT molecular complexity index is 855. The van der Waals surface area contributed by atoms with Crippen molar-refractivity contribution in [1.29, 1.82) is 0 Å². The molecule has 0 fully saturated rings. The summed E-state index contributed by atoms with van der Waals surface area (Å²) in [4.78, 5) is 14.6. The molecule has 2 aromatic heterocycles. The van der Waals surface area contributed by atoms with E-state index in [1.807, 2.05) is 18.3 Å². The fraction of sp³-hybridized carbons (Fsp3) is 0.500. The van der Waals surface area contributed by atoms with E-state index in [0.717, 1.165) is 18.5 Å². The molecule has 0 saturated carbocycles. The molecule has 1 aliphatic rings. The van der Waals surface area contributed by atoms with E-state index in [1.165, 1.54) is 0 Å². The van der Waals surface area contributed by atoms with E-state index in [-0.39, 0.29) is 11.8 Å². The zero-order chi connectivity index (χ0) is 18.0. The Hall–Kier alpha value is -2.13. The van der Waals surface area contributed by atoms with Gasteiger partial charge in [-0.15, -0.1) is 0 Å². The second-order valence-corrected chi connectivity index (χ2v) is 8.37. The van der Waals surface area contributed by atoms with Gasteiger partial charge in [0.25, 0.3) is 5.91 Å². The van der Waals surface area contributed by atoms with Crippen molar-refractivity contribution in [2.75, 3.05) is 19.3 Å². The number of hydrogen-bond donors (Lipinski definition) is 1. The van der Waals surface area contributed by atoms with Crippen LogP contribution in [0.1, 0.15) is 22.6 Å². The van der Waals surface area contributed by atoms with Crippen molar-refractivity contribution in [2.45, 2.75) is 19.5 Å². The Balaban J connectivity index is 1.75. The molecule has 1 atom stereocenters. The van der Waals surface area contributed by atoms with Crippen molar-refractivity contribution in [2.24, 2.45) is 13.0 Å². The van der Waals surface area contributed by atoms with Crippen molar-refractivity contribution in [1.82, 2.24) is 24.0 Å². The van der Waals surface area contributed by atoms with Crippen LogP contribution < -0.4 is 4.72 Å². The Morgan fingerprint density at radius 3 is 2.80 bits per heavy atom. The predicted octanol–water partition coefficient (Wildman–Crippen LogP) is 0.433. The minimum absolute atomic E-state index is 0.101. The lowest BCUT2D eigenvalue weighted by Crippen LogP contribution is -2.35. The van der Waals surface area contributed by atoms with Crippen molar-refractivity contribution in [3.63, 3.8) is 0 Å². The first kappa shape index (κ1) is 17.7. The summed E-state index contributed by atoms with van der Waals surface area (Å²) in [6.07, 6.45) is 5.57. The lowest BCUT2D eigenvalue weighted by molar-refractivity contribution is 0.0712. The average molecular weight is 365 g/mol. The van der Waals surface area contributed by atoms with Crippen LogP contribution in [-0.2, 0) is 30.2 Å². The van der Waals surface area contributed by atoms with E-state index in [2.05, 4.69) is 14.4 Å². The monoisotopic (exact) mass is 365 g/mol. The molecule has 0 aromatic carbocycles. The van der Waals surface area contributed by atoms with Crippen molar-refractivity contribution < 1.29 is 13.2 Å². The summed E-state index contributed by atoms with van der Waals surface area (Å²) >= 11 is 0. The fourth-order valence-electron chi connectivity index (χ4n) is 3.16. The molecule has 0 radical (unpaired) electrons. The standard InChI is InChI=1S/C16H23N5O3S/c1-19-9-6-15(18-19)16(22)21-11-13(5-7-17-25(2,23)24)10-20-8-3-4-14(20)12-21/h3-4,6,8-9,13,17H,5,7,10-12H2,1-2H3. The molecule has 3 rings (SSSR count). The van der Waals surface area contributed by atoms with Gasteiger partial charge in [0.15, 0.2) is 0 Å². The van der Waals surface area contributed by atoms with Gasteiger partial charge in [-0.3, -0.25) is 9.48 Å². The minimum Gasteiger partial charge on any atom is -0.349 e. The quantitative estimate of drug-likeness (QED) is 0.832. The first-order chi connectivity index (χ1) is 11.8. The van der Waals surface area contributed by atoms with Gasteiger partial charge in [0.2, 0.25) is 10.0 Å². The summed E-state index contributed by atoms with van der Waals surface area (Å²) in [5.41, 5.74) is 1.50. The maximum absolute atomic E-state index is 12.8. The molecule has 136 valence electrons. The molecule has 25 heavy (non-hydrogen) atoms. The molecule has 1 N–H and O–H groups in total. The lowest BCUT2D eigenvalue weighted by Gasteiger charge is -2.23. The summed E-state index contributed by atoms with van der Waals surface area (Å²) in [5, 5.41) is 4.21. The van der Waals surface area contributed by atoms with Crippen LogP contribution in [0.4, 0.5) is 0 Å². The molecular weight excluding hydrogens is 342 g/mol. The number of carbonyl (C=O) groups excluding carboxylic acids is 1. The average Bonchev–Trinajstić information content (AvgIpc) is 3.10. The normalized spacial score (nSPS) is 18.0. The van der Waals surface area contributed by atoms with Crippen molar-refractivity contribution >= 4 is 15.9 Å². The Morgan fingerprint density at radius 2 is 2.12 bits per heavy atom. The van der Waals surface area contributed by atoms with E-state index < -0.39 is 10.0 Å². The highest BCUT2D eigenvalue weighted by molar-refractivity contribution is 7.88. The number of fused-ring (bicyclic) bond motifs is 1. The number of nitrogens with zero attached hydrogens (tertiary/aromatic N) is 4. The topological polar surface area (TPSA) is 89.2 Å². The number of aryl methyl sites for hydroxylation is 1. The van der Waals surface area contributed by atoms with Gasteiger partial charge in [0.05, 0.1) is 12.8 Å². The van der Waals surface area contributed by atoms with Gasteiger partial charge >= 0.3 is 0 Å². The zero-order valence-electron chi connectivity index (χ0n) is 14.4. The first-order valence-electron chi connectivity index (χ1n) is 8.19. The molecule has 3 heterocycles. The predicted molar refractivity (Wildman–Crippen MR) is 93.3 cm³/mol. The van der Waals surface area contributed by atoms with Crippen LogP contribution in [0.15, 0.2) is 30.6 Å². The number of nitrogens with one attached hydrogen (secondary N) is 1. The third kappa shape index (κ3) is 4.49. The molecule has 9 heteroatoms. The molecular formula is C16H23N5O3S. The van der Waals surface area contributed by atoms with E-state index >= 15 is 0 Å². The van der Waals surface area contributed by atoms with Crippen LogP contribution in [0.25, 0.3) is 0 Å². The van der Waals surface area contributed by atoms with Gasteiger partial charge in [-0.25, -0.2) is 13.1 Å². The van der Waals surface area contributed by atoms with Gasteiger partial charge in [-0.05, 0) is 30.5 Å². The summed E-state index contributed by atoms with van der Waals surface area (Å²) in [5.74, 6) is 0.0619. The molecule has 0 spiro atoms. The molecule has 1 unspecified atom stereocenters. The fourth-order valence-corrected chi connectivity index (χ4v) is 3.64. The molecule has 0 aliphatic carbocycles. The Labute approximate surface area is 147 Å². The van der Waals surface area contributed by atoms with Gasteiger partial charge in [-0.1, -0.05) is 0 Å². The molecule has 1 amide bonds. The van der Waals surface area contributed by atoms with Crippen molar-refractivity contribution in [3.05, 3.63) is 42.0 Å². The highest BCUT2D eigenvalue weighted by Gasteiger charge is 2.26. The molecule has 1 aliphatic heterocycles. The van der Waals surface area contributed by atoms with Crippen LogP contribution in [-0.4, -0.2) is 52.9 Å². The van der Waals surface area contributed by atoms with Crippen LogP contribution >= 0.6 is 0 Å². The number of aromatic nitrogens is 3. The van der Waals surface area contributed by atoms with Gasteiger partial charge in [-0.2, -0.15) is 5.10 Å². The van der Waals surface area contributed by atoms with E-state index in [4.69, 9.17) is 0 Å². The van der Waals surface area contributed by atoms with Crippen LogP contribution in [0.2, 0.25) is 0 Å². The first-order valence-corrected chi connectivity index (χ1v) is 10.1. The largest absolute Gasteiger partial charge is 0.349 e. The third-order valence-electron chi connectivity index (χ3n) is 4.35. The summed E-state index contributed by atoms with van der Waals surface area (Å²) in [6, 6.07) is 5.69. The van der Waals surface area contributed by atoms with Gasteiger partial charge < -0.3 is 9.47 Å². The minimum atomic E-state index is -3.20. The number of hydrogen-bond acceptors (Lipinski definition) is 4. The van der Waals surface area contributed by atoms with Crippen LogP contribution in [0.3, 0.4) is 0 Å². The zero-order valence-corrected chi connectivity index (χ0v) is 15.2. The maximum atomic E-state index is 12.8.